The molecule has 7 heteroatoms. The van der Waals surface area contributed by atoms with Crippen LogP contribution in [0.5, 0.6) is 11.5 Å². The third-order valence-electron chi connectivity index (χ3n) is 3.67. The van der Waals surface area contributed by atoms with Gasteiger partial charge < -0.3 is 4.74 Å². The smallest absolute Gasteiger partial charge is 0.420 e. The van der Waals surface area contributed by atoms with Crippen LogP contribution in [0.2, 0.25) is 0 Å². The fourth-order valence-corrected chi connectivity index (χ4v) is 2.47. The molecule has 0 spiro atoms. The van der Waals surface area contributed by atoms with Gasteiger partial charge in [-0.2, -0.15) is 13.2 Å². The van der Waals surface area contributed by atoms with Gasteiger partial charge in [-0.15, -0.1) is 0 Å². The number of halogens is 3. The van der Waals surface area contributed by atoms with E-state index in [9.17, 15) is 23.3 Å². The lowest BCUT2D eigenvalue weighted by molar-refractivity contribution is -0.385. The summed E-state index contributed by atoms with van der Waals surface area (Å²) in [7, 11) is 0. The fraction of sp³-hybridized carbons (Fsp3) is 0.0526. The van der Waals surface area contributed by atoms with Crippen LogP contribution in [0, 0.1) is 10.1 Å². The van der Waals surface area contributed by atoms with Crippen molar-refractivity contribution in [3.63, 3.8) is 0 Å². The zero-order valence-corrected chi connectivity index (χ0v) is 13.2. The molecule has 0 saturated heterocycles. The summed E-state index contributed by atoms with van der Waals surface area (Å²) in [4.78, 5) is 9.91. The predicted molar refractivity (Wildman–Crippen MR) is 90.1 cm³/mol. The maximum absolute atomic E-state index is 13.3. The molecule has 0 aliphatic heterocycles. The molecule has 132 valence electrons. The van der Waals surface area contributed by atoms with Gasteiger partial charge in [0.1, 0.15) is 17.1 Å². The van der Waals surface area contributed by atoms with E-state index in [0.29, 0.717) is 11.6 Å². The topological polar surface area (TPSA) is 52.4 Å². The maximum Gasteiger partial charge on any atom is 0.420 e. The number of non-ortho nitro benzene ring substituents is 1. The van der Waals surface area contributed by atoms with Crippen molar-refractivity contribution in [1.82, 2.24) is 0 Å². The number of hydrogen-bond donors (Lipinski definition) is 0. The summed E-state index contributed by atoms with van der Waals surface area (Å²) in [6.07, 6.45) is -4.79. The minimum absolute atomic E-state index is 0.220. The van der Waals surface area contributed by atoms with Crippen molar-refractivity contribution in [2.24, 2.45) is 0 Å². The molecule has 0 bridgehead atoms. The molecule has 4 nitrogen and oxygen atoms in total. The Morgan fingerprint density at radius 3 is 2.15 bits per heavy atom. The molecule has 0 aromatic heterocycles. The lowest BCUT2D eigenvalue weighted by Gasteiger charge is -2.16. The summed E-state index contributed by atoms with van der Waals surface area (Å²) in [6.45, 7) is 0. The summed E-state index contributed by atoms with van der Waals surface area (Å²) >= 11 is 0. The van der Waals surface area contributed by atoms with E-state index >= 15 is 0 Å². The van der Waals surface area contributed by atoms with Crippen molar-refractivity contribution in [2.75, 3.05) is 0 Å². The Hall–Kier alpha value is -3.35. The molecular formula is C19H12F3NO3. The van der Waals surface area contributed by atoms with Gasteiger partial charge in [-0.3, -0.25) is 10.1 Å². The minimum Gasteiger partial charge on any atom is -0.456 e. The monoisotopic (exact) mass is 359 g/mol. The lowest BCUT2D eigenvalue weighted by Crippen LogP contribution is -2.08. The molecule has 0 unspecified atom stereocenters. The molecule has 0 atom stereocenters. The summed E-state index contributed by atoms with van der Waals surface area (Å²) in [5, 5.41) is 10.8. The Morgan fingerprint density at radius 1 is 0.846 bits per heavy atom. The van der Waals surface area contributed by atoms with Gasteiger partial charge >= 0.3 is 6.18 Å². The van der Waals surface area contributed by atoms with Gasteiger partial charge in [0.25, 0.3) is 5.69 Å². The van der Waals surface area contributed by atoms with Crippen molar-refractivity contribution in [2.45, 2.75) is 6.18 Å². The van der Waals surface area contributed by atoms with Crippen molar-refractivity contribution in [3.05, 3.63) is 88.5 Å². The quantitative estimate of drug-likeness (QED) is 0.419. The highest BCUT2D eigenvalue weighted by molar-refractivity contribution is 5.71. The van der Waals surface area contributed by atoms with E-state index in [2.05, 4.69) is 0 Å². The fourth-order valence-electron chi connectivity index (χ4n) is 2.47. The van der Waals surface area contributed by atoms with Crippen LogP contribution >= 0.6 is 0 Å². The Bertz CT molecular complexity index is 940. The second-order valence-electron chi connectivity index (χ2n) is 5.40. The van der Waals surface area contributed by atoms with Crippen LogP contribution in [0.4, 0.5) is 18.9 Å². The Balaban J connectivity index is 2.07. The Labute approximate surface area is 146 Å². The van der Waals surface area contributed by atoms with Crippen LogP contribution < -0.4 is 4.74 Å². The molecule has 0 saturated carbocycles. The van der Waals surface area contributed by atoms with Crippen LogP contribution in [0.15, 0.2) is 72.8 Å². The third-order valence-corrected chi connectivity index (χ3v) is 3.67. The number of nitrogens with zero attached hydrogens (tertiary/aromatic N) is 1. The average Bonchev–Trinajstić information content (AvgIpc) is 2.62. The van der Waals surface area contributed by atoms with Gasteiger partial charge in [0.05, 0.1) is 4.92 Å². The Kier molecular flexibility index (Phi) is 4.62. The number of benzene rings is 3. The standard InChI is InChI=1S/C19H12F3NO3/c20-19(21,22)16-12-14(23(24)25)10-11-18(16)26-17-9-5-4-8-15(17)13-6-2-1-3-7-13/h1-12H. The average molecular weight is 359 g/mol. The molecule has 3 aromatic rings. The molecule has 0 fully saturated rings. The van der Waals surface area contributed by atoms with Crippen molar-refractivity contribution >= 4 is 5.69 Å². The SMILES string of the molecule is O=[N+]([O-])c1ccc(Oc2ccccc2-c2ccccc2)c(C(F)(F)F)c1. The molecule has 0 heterocycles. The van der Waals surface area contributed by atoms with E-state index in [1.54, 1.807) is 36.4 Å². The number of nitro benzene ring substituents is 1. The summed E-state index contributed by atoms with van der Waals surface area (Å²) < 4.78 is 45.5. The van der Waals surface area contributed by atoms with Gasteiger partial charge in [-0.25, -0.2) is 0 Å². The second kappa shape index (κ2) is 6.87. The Morgan fingerprint density at radius 2 is 1.50 bits per heavy atom. The molecule has 26 heavy (non-hydrogen) atoms. The summed E-state index contributed by atoms with van der Waals surface area (Å²) in [5.74, 6) is -0.274. The third kappa shape index (κ3) is 3.66. The molecule has 0 aliphatic carbocycles. The largest absolute Gasteiger partial charge is 0.456 e. The van der Waals surface area contributed by atoms with E-state index in [1.807, 2.05) is 18.2 Å². The molecular weight excluding hydrogens is 347 g/mol. The van der Waals surface area contributed by atoms with Gasteiger partial charge in [-0.05, 0) is 17.7 Å². The van der Waals surface area contributed by atoms with Crippen LogP contribution in [0.25, 0.3) is 11.1 Å². The number of hydrogen-bond acceptors (Lipinski definition) is 3. The van der Waals surface area contributed by atoms with E-state index < -0.39 is 28.1 Å². The van der Waals surface area contributed by atoms with Crippen LogP contribution in [-0.2, 0) is 6.18 Å². The molecule has 0 N–H and O–H groups in total. The molecule has 0 radical (unpaired) electrons. The first kappa shape index (κ1) is 17.5. The molecule has 3 rings (SSSR count). The molecule has 3 aromatic carbocycles. The highest BCUT2D eigenvalue weighted by Gasteiger charge is 2.36. The molecule has 0 aliphatic rings. The van der Waals surface area contributed by atoms with E-state index in [0.717, 1.165) is 17.7 Å². The number of ether oxygens (including phenoxy) is 1. The highest BCUT2D eigenvalue weighted by atomic mass is 19.4. The summed E-state index contributed by atoms with van der Waals surface area (Å²) in [6, 6.07) is 18.1. The first-order valence-corrected chi connectivity index (χ1v) is 7.54. The number of rotatable bonds is 4. The highest BCUT2D eigenvalue weighted by Crippen LogP contribution is 2.41. The van der Waals surface area contributed by atoms with Gasteiger partial charge in [0, 0.05) is 17.7 Å². The number of alkyl halides is 3. The van der Waals surface area contributed by atoms with Crippen LogP contribution in [0.3, 0.4) is 0 Å². The zero-order chi connectivity index (χ0) is 18.7. The van der Waals surface area contributed by atoms with E-state index in [4.69, 9.17) is 4.74 Å². The lowest BCUT2D eigenvalue weighted by atomic mass is 10.0. The van der Waals surface area contributed by atoms with Crippen LogP contribution in [-0.4, -0.2) is 4.92 Å². The first-order chi connectivity index (χ1) is 12.4. The van der Waals surface area contributed by atoms with E-state index in [1.165, 1.54) is 0 Å². The number of nitro groups is 1. The maximum atomic E-state index is 13.3. The van der Waals surface area contributed by atoms with Crippen molar-refractivity contribution in [3.8, 4) is 22.6 Å². The van der Waals surface area contributed by atoms with E-state index in [-0.39, 0.29) is 5.75 Å². The van der Waals surface area contributed by atoms with Crippen molar-refractivity contribution in [1.29, 1.82) is 0 Å². The normalized spacial score (nSPS) is 11.2. The van der Waals surface area contributed by atoms with Crippen molar-refractivity contribution < 1.29 is 22.8 Å². The summed E-state index contributed by atoms with van der Waals surface area (Å²) in [5.41, 5.74) is -0.464. The van der Waals surface area contributed by atoms with Gasteiger partial charge in [0.15, 0.2) is 0 Å². The second-order valence-corrected chi connectivity index (χ2v) is 5.40. The zero-order valence-electron chi connectivity index (χ0n) is 13.2. The van der Waals surface area contributed by atoms with Gasteiger partial charge in [-0.1, -0.05) is 48.5 Å². The van der Waals surface area contributed by atoms with Gasteiger partial charge in [0.2, 0.25) is 0 Å². The molecule has 0 amide bonds. The van der Waals surface area contributed by atoms with Crippen LogP contribution in [0.1, 0.15) is 5.56 Å². The minimum atomic E-state index is -4.79. The predicted octanol–water partition coefficient (Wildman–Crippen LogP) is 6.07. The number of para-hydroxylation sites is 1. The first-order valence-electron chi connectivity index (χ1n) is 7.54.